The summed E-state index contributed by atoms with van der Waals surface area (Å²) < 4.78 is 39.0. The molecule has 0 saturated heterocycles. The zero-order chi connectivity index (χ0) is 38.8. The maximum absolute atomic E-state index is 12.7. The molecule has 0 aliphatic carbocycles. The Morgan fingerprint density at radius 1 is 0.759 bits per heavy atom. The van der Waals surface area contributed by atoms with E-state index in [0.29, 0.717) is 26.0 Å². The van der Waals surface area contributed by atoms with Crippen LogP contribution in [0, 0.1) is 11.3 Å². The summed E-state index contributed by atoms with van der Waals surface area (Å²) in [6.07, 6.45) is 0.310. The van der Waals surface area contributed by atoms with Crippen molar-refractivity contribution >= 4 is 14.6 Å². The molecule has 54 heavy (non-hydrogen) atoms. The van der Waals surface area contributed by atoms with Crippen LogP contribution in [0.15, 0.2) is 109 Å². The van der Waals surface area contributed by atoms with Crippen molar-refractivity contribution < 1.29 is 32.8 Å². The number of benzene rings is 4. The summed E-state index contributed by atoms with van der Waals surface area (Å²) in [4.78, 5) is 12.7. The van der Waals surface area contributed by atoms with Crippen molar-refractivity contribution in [2.24, 2.45) is 0 Å². The van der Waals surface area contributed by atoms with Crippen LogP contribution in [0.3, 0.4) is 0 Å². The zero-order valence-electron chi connectivity index (χ0n) is 32.3. The summed E-state index contributed by atoms with van der Waals surface area (Å²) in [5.41, 5.74) is 2.71. The van der Waals surface area contributed by atoms with Gasteiger partial charge in [0.1, 0.15) is 23.7 Å². The number of alkyl carbamates (subject to hydrolysis) is 1. The van der Waals surface area contributed by atoms with Gasteiger partial charge in [-0.3, -0.25) is 0 Å². The Hall–Kier alpha value is -4.49. The topological polar surface area (TPSA) is 112 Å². The van der Waals surface area contributed by atoms with Gasteiger partial charge in [0.25, 0.3) is 8.53 Å². The van der Waals surface area contributed by atoms with Crippen molar-refractivity contribution in [2.75, 3.05) is 34.0 Å². The number of carbonyl (C=O) groups excluding carboxylic acids is 1. The van der Waals surface area contributed by atoms with E-state index in [1.54, 1.807) is 14.2 Å². The van der Waals surface area contributed by atoms with Crippen LogP contribution in [0.4, 0.5) is 4.79 Å². The van der Waals surface area contributed by atoms with E-state index in [1.807, 2.05) is 97.1 Å². The van der Waals surface area contributed by atoms with Crippen LogP contribution in [-0.4, -0.2) is 62.9 Å². The molecule has 1 N–H and O–H groups in total. The number of nitriles is 1. The zero-order valence-corrected chi connectivity index (χ0v) is 33.2. The highest BCUT2D eigenvalue weighted by atomic mass is 31.2. The minimum Gasteiger partial charge on any atom is -0.497 e. The Labute approximate surface area is 322 Å². The molecule has 0 fully saturated rings. The first kappa shape index (κ1) is 42.3. The fourth-order valence-electron chi connectivity index (χ4n) is 6.20. The maximum Gasteiger partial charge on any atom is 0.407 e. The second kappa shape index (κ2) is 22.0. The first-order chi connectivity index (χ1) is 26.2. The molecule has 0 radical (unpaired) electrons. The van der Waals surface area contributed by atoms with E-state index in [9.17, 15) is 10.1 Å². The number of methoxy groups -OCH3 is 2. The van der Waals surface area contributed by atoms with E-state index in [2.05, 4.69) is 55.9 Å². The number of amides is 1. The molecule has 10 nitrogen and oxygen atoms in total. The molecule has 2 unspecified atom stereocenters. The maximum atomic E-state index is 12.7. The van der Waals surface area contributed by atoms with Gasteiger partial charge in [-0.1, -0.05) is 84.9 Å². The molecule has 1 amide bonds. The van der Waals surface area contributed by atoms with E-state index >= 15 is 0 Å². The van der Waals surface area contributed by atoms with E-state index in [1.165, 1.54) is 0 Å². The first-order valence-electron chi connectivity index (χ1n) is 18.4. The molecule has 2 atom stereocenters. The predicted molar refractivity (Wildman–Crippen MR) is 212 cm³/mol. The molecule has 0 spiro atoms. The van der Waals surface area contributed by atoms with Crippen molar-refractivity contribution in [3.63, 3.8) is 0 Å². The largest absolute Gasteiger partial charge is 0.497 e. The molecule has 0 aliphatic heterocycles. The number of hydrogen-bond acceptors (Lipinski definition) is 9. The monoisotopic (exact) mass is 755 g/mol. The summed E-state index contributed by atoms with van der Waals surface area (Å²) in [6.45, 7) is 9.44. The average Bonchev–Trinajstić information content (AvgIpc) is 3.19. The highest BCUT2D eigenvalue weighted by molar-refractivity contribution is 7.44. The first-order valence-corrected chi connectivity index (χ1v) is 19.5. The molecule has 11 heteroatoms. The number of carbonyl (C=O) groups is 1. The van der Waals surface area contributed by atoms with Crippen LogP contribution in [0.2, 0.25) is 0 Å². The van der Waals surface area contributed by atoms with Crippen molar-refractivity contribution in [3.8, 4) is 17.6 Å². The van der Waals surface area contributed by atoms with Gasteiger partial charge in [-0.2, -0.15) is 5.26 Å². The van der Waals surface area contributed by atoms with Gasteiger partial charge in [0.05, 0.1) is 46.0 Å². The van der Waals surface area contributed by atoms with Crippen LogP contribution in [-0.2, 0) is 30.7 Å². The van der Waals surface area contributed by atoms with Crippen molar-refractivity contribution in [3.05, 3.63) is 131 Å². The Balaban J connectivity index is 1.64. The van der Waals surface area contributed by atoms with Gasteiger partial charge in [-0.25, -0.2) is 9.46 Å². The predicted octanol–water partition coefficient (Wildman–Crippen LogP) is 9.38. The van der Waals surface area contributed by atoms with Crippen LogP contribution >= 0.6 is 8.53 Å². The average molecular weight is 756 g/mol. The molecule has 0 saturated carbocycles. The highest BCUT2D eigenvalue weighted by Gasteiger charge is 2.38. The van der Waals surface area contributed by atoms with Gasteiger partial charge in [-0.15, -0.1) is 0 Å². The smallest absolute Gasteiger partial charge is 0.407 e. The molecular weight excluding hydrogens is 701 g/mol. The van der Waals surface area contributed by atoms with Gasteiger partial charge in [0.15, 0.2) is 0 Å². The lowest BCUT2D eigenvalue weighted by Crippen LogP contribution is -2.36. The summed E-state index contributed by atoms with van der Waals surface area (Å²) >= 11 is 0. The minimum absolute atomic E-state index is 0.122. The molecule has 4 aromatic carbocycles. The van der Waals surface area contributed by atoms with Gasteiger partial charge in [0, 0.05) is 18.6 Å². The Morgan fingerprint density at radius 2 is 1.30 bits per heavy atom. The number of hydrogen-bond donors (Lipinski definition) is 1. The van der Waals surface area contributed by atoms with Crippen molar-refractivity contribution in [1.82, 2.24) is 9.99 Å². The summed E-state index contributed by atoms with van der Waals surface area (Å²) in [7, 11) is 1.74. The number of rotatable bonds is 22. The van der Waals surface area contributed by atoms with E-state index < -0.39 is 20.2 Å². The lowest BCUT2D eigenvalue weighted by Gasteiger charge is -2.38. The van der Waals surface area contributed by atoms with E-state index in [4.69, 9.17) is 28.0 Å². The lowest BCUT2D eigenvalue weighted by atomic mass is 9.80. The fraction of sp³-hybridized carbons (Fsp3) is 0.395. The molecule has 4 aromatic rings. The molecule has 0 heterocycles. The molecule has 0 bridgehead atoms. The third kappa shape index (κ3) is 12.0. The molecule has 0 aromatic heterocycles. The van der Waals surface area contributed by atoms with Crippen LogP contribution in [0.5, 0.6) is 11.5 Å². The van der Waals surface area contributed by atoms with Crippen LogP contribution in [0.1, 0.15) is 69.2 Å². The number of ether oxygens (including phenoxy) is 4. The Kier molecular flexibility index (Phi) is 17.2. The molecular formula is C43H54N3O7P. The molecule has 4 rings (SSSR count). The van der Waals surface area contributed by atoms with Gasteiger partial charge >= 0.3 is 6.09 Å². The van der Waals surface area contributed by atoms with Crippen molar-refractivity contribution in [1.29, 1.82) is 5.26 Å². The summed E-state index contributed by atoms with van der Waals surface area (Å²) in [5.74, 6) is 1.48. The van der Waals surface area contributed by atoms with Gasteiger partial charge in [-0.05, 0) is 87.1 Å². The SMILES string of the molecule is COc1ccc(C(OCCC(CCNC(=O)OCc2ccccc2)OP(OCCC#N)N(C(C)C)C(C)C)(c2ccccc2)c2ccc(OC)cc2)cc1. The van der Waals surface area contributed by atoms with Gasteiger partial charge < -0.3 is 33.3 Å². The van der Waals surface area contributed by atoms with Gasteiger partial charge in [0.2, 0.25) is 0 Å². The minimum atomic E-state index is -1.56. The van der Waals surface area contributed by atoms with E-state index in [0.717, 1.165) is 33.8 Å². The second-order valence-electron chi connectivity index (χ2n) is 13.2. The highest BCUT2D eigenvalue weighted by Crippen LogP contribution is 2.48. The third-order valence-electron chi connectivity index (χ3n) is 8.78. The second-order valence-corrected chi connectivity index (χ2v) is 14.6. The fourth-order valence-corrected chi connectivity index (χ4v) is 7.97. The van der Waals surface area contributed by atoms with E-state index in [-0.39, 0.29) is 37.8 Å². The normalized spacial score (nSPS) is 12.7. The van der Waals surface area contributed by atoms with Crippen LogP contribution in [0.25, 0.3) is 0 Å². The quantitative estimate of drug-likeness (QED) is 0.0477. The van der Waals surface area contributed by atoms with Crippen molar-refractivity contribution in [2.45, 2.75) is 77.4 Å². The Bertz CT molecular complexity index is 1650. The molecule has 0 aliphatic rings. The Morgan fingerprint density at radius 3 is 1.81 bits per heavy atom. The lowest BCUT2D eigenvalue weighted by molar-refractivity contribution is -0.00495. The summed E-state index contributed by atoms with van der Waals surface area (Å²) in [6, 6.07) is 38.0. The summed E-state index contributed by atoms with van der Waals surface area (Å²) in [5, 5.41) is 12.2. The number of nitrogens with one attached hydrogen (secondary N) is 1. The molecule has 288 valence electrons. The number of nitrogens with zero attached hydrogens (tertiary/aromatic N) is 2. The van der Waals surface area contributed by atoms with Crippen LogP contribution < -0.4 is 14.8 Å². The third-order valence-corrected chi connectivity index (χ3v) is 11.0. The standard InChI is InChI=1S/C43H54N3O7P/c1-33(2)46(34(3)4)54(52-30-13-28-44)53-41(26-29-45-42(47)50-32-35-14-9-7-10-15-35)27-31-51-43(36-16-11-8-12-17-36,37-18-22-39(48-5)23-19-37)38-20-24-40(49-6)25-21-38/h7-12,14-25,33-34,41H,13,26-27,29-32H2,1-6H3,(H,45,47).